The molecule has 21 heavy (non-hydrogen) atoms. The number of aromatic nitrogens is 5. The van der Waals surface area contributed by atoms with Crippen LogP contribution in [0.15, 0.2) is 4.52 Å². The maximum Gasteiger partial charge on any atom is 0.240 e. The first-order chi connectivity index (χ1) is 10.1. The number of rotatable bonds is 4. The first kappa shape index (κ1) is 14.2. The van der Waals surface area contributed by atoms with E-state index in [0.717, 1.165) is 31.3 Å². The van der Waals surface area contributed by atoms with E-state index >= 15 is 0 Å². The van der Waals surface area contributed by atoms with Gasteiger partial charge in [-0.2, -0.15) is 10.1 Å². The van der Waals surface area contributed by atoms with Crippen molar-refractivity contribution >= 4 is 0 Å². The highest BCUT2D eigenvalue weighted by atomic mass is 16.5. The zero-order valence-corrected chi connectivity index (χ0v) is 12.9. The molecular weight excluding hydrogens is 268 g/mol. The first-order valence-electron chi connectivity index (χ1n) is 7.53. The SMILES string of the molecule is Cc1noc(CN2CCCC[C@@H]2Cn2nc(C)nc2C)n1. The standard InChI is InChI=1S/C14H22N6O/c1-10-15-12(3)20(17-10)8-13-6-4-5-7-19(13)9-14-16-11(2)18-21-14/h13H,4-9H2,1-3H3/t13-/m1/s1. The molecule has 7 nitrogen and oxygen atoms in total. The summed E-state index contributed by atoms with van der Waals surface area (Å²) in [7, 11) is 0. The zero-order chi connectivity index (χ0) is 14.8. The molecule has 1 aliphatic heterocycles. The van der Waals surface area contributed by atoms with E-state index in [2.05, 4.69) is 25.1 Å². The quantitative estimate of drug-likeness (QED) is 0.852. The van der Waals surface area contributed by atoms with Crippen molar-refractivity contribution in [2.24, 2.45) is 0 Å². The van der Waals surface area contributed by atoms with E-state index < -0.39 is 0 Å². The Morgan fingerprint density at radius 3 is 2.67 bits per heavy atom. The van der Waals surface area contributed by atoms with Crippen molar-refractivity contribution in [2.45, 2.75) is 59.2 Å². The van der Waals surface area contributed by atoms with Crippen molar-refractivity contribution in [1.29, 1.82) is 0 Å². The summed E-state index contributed by atoms with van der Waals surface area (Å²) in [5.41, 5.74) is 0. The van der Waals surface area contributed by atoms with Crippen molar-refractivity contribution in [3.63, 3.8) is 0 Å². The highest BCUT2D eigenvalue weighted by Crippen LogP contribution is 2.20. The minimum Gasteiger partial charge on any atom is -0.338 e. The number of likely N-dealkylation sites (tertiary alicyclic amines) is 1. The Hall–Kier alpha value is -1.76. The van der Waals surface area contributed by atoms with Crippen LogP contribution in [0.25, 0.3) is 0 Å². The summed E-state index contributed by atoms with van der Waals surface area (Å²) in [6.45, 7) is 8.46. The topological polar surface area (TPSA) is 72.9 Å². The molecule has 7 heteroatoms. The van der Waals surface area contributed by atoms with Gasteiger partial charge in [-0.1, -0.05) is 11.6 Å². The van der Waals surface area contributed by atoms with Crippen molar-refractivity contribution in [1.82, 2.24) is 29.8 Å². The van der Waals surface area contributed by atoms with Crippen LogP contribution in [-0.4, -0.2) is 42.4 Å². The number of hydrogen-bond donors (Lipinski definition) is 0. The van der Waals surface area contributed by atoms with Gasteiger partial charge in [0.05, 0.1) is 13.1 Å². The van der Waals surface area contributed by atoms with Crippen LogP contribution in [0.3, 0.4) is 0 Å². The molecule has 1 aliphatic rings. The van der Waals surface area contributed by atoms with E-state index in [1.807, 2.05) is 25.5 Å². The molecule has 2 aromatic heterocycles. The van der Waals surface area contributed by atoms with E-state index in [1.54, 1.807) is 0 Å². The fraction of sp³-hybridized carbons (Fsp3) is 0.714. The molecule has 1 saturated heterocycles. The summed E-state index contributed by atoms with van der Waals surface area (Å²) in [5.74, 6) is 3.21. The fourth-order valence-electron chi connectivity index (χ4n) is 2.99. The van der Waals surface area contributed by atoms with Gasteiger partial charge < -0.3 is 4.52 Å². The Kier molecular flexibility index (Phi) is 4.01. The van der Waals surface area contributed by atoms with Gasteiger partial charge in [0.1, 0.15) is 11.6 Å². The van der Waals surface area contributed by atoms with Gasteiger partial charge in [-0.05, 0) is 40.2 Å². The van der Waals surface area contributed by atoms with Gasteiger partial charge in [-0.3, -0.25) is 4.90 Å². The first-order valence-corrected chi connectivity index (χ1v) is 7.53. The Morgan fingerprint density at radius 1 is 1.14 bits per heavy atom. The fourth-order valence-corrected chi connectivity index (χ4v) is 2.99. The van der Waals surface area contributed by atoms with E-state index in [-0.39, 0.29) is 0 Å². The third kappa shape index (κ3) is 3.29. The number of nitrogens with zero attached hydrogens (tertiary/aromatic N) is 6. The molecule has 0 amide bonds. The summed E-state index contributed by atoms with van der Waals surface area (Å²) >= 11 is 0. The van der Waals surface area contributed by atoms with Gasteiger partial charge in [0, 0.05) is 6.04 Å². The van der Waals surface area contributed by atoms with Crippen molar-refractivity contribution in [3.8, 4) is 0 Å². The third-order valence-electron chi connectivity index (χ3n) is 4.00. The normalized spacial score (nSPS) is 20.0. The second-order valence-electron chi connectivity index (χ2n) is 5.74. The third-order valence-corrected chi connectivity index (χ3v) is 4.00. The summed E-state index contributed by atoms with van der Waals surface area (Å²) < 4.78 is 7.27. The summed E-state index contributed by atoms with van der Waals surface area (Å²) in [6, 6.07) is 0.450. The van der Waals surface area contributed by atoms with Crippen LogP contribution in [0.1, 0.15) is 42.6 Å². The van der Waals surface area contributed by atoms with Crippen LogP contribution in [0.5, 0.6) is 0 Å². The van der Waals surface area contributed by atoms with Crippen LogP contribution in [0, 0.1) is 20.8 Å². The Morgan fingerprint density at radius 2 is 2.00 bits per heavy atom. The Balaban J connectivity index is 1.70. The molecular formula is C14H22N6O. The molecule has 3 rings (SSSR count). The minimum absolute atomic E-state index is 0.450. The van der Waals surface area contributed by atoms with Gasteiger partial charge in [0.25, 0.3) is 0 Å². The van der Waals surface area contributed by atoms with Crippen LogP contribution >= 0.6 is 0 Å². The van der Waals surface area contributed by atoms with Crippen LogP contribution < -0.4 is 0 Å². The van der Waals surface area contributed by atoms with Crippen LogP contribution in [0.2, 0.25) is 0 Å². The molecule has 0 radical (unpaired) electrons. The minimum atomic E-state index is 0.450. The molecule has 0 bridgehead atoms. The van der Waals surface area contributed by atoms with E-state index in [4.69, 9.17) is 4.52 Å². The molecule has 3 heterocycles. The van der Waals surface area contributed by atoms with Crippen molar-refractivity contribution in [3.05, 3.63) is 23.4 Å². The van der Waals surface area contributed by atoms with E-state index in [0.29, 0.717) is 17.8 Å². The lowest BCUT2D eigenvalue weighted by molar-refractivity contribution is 0.107. The van der Waals surface area contributed by atoms with Crippen LogP contribution in [-0.2, 0) is 13.1 Å². The van der Waals surface area contributed by atoms with Gasteiger partial charge in [-0.15, -0.1) is 0 Å². The van der Waals surface area contributed by atoms with Gasteiger partial charge in [-0.25, -0.2) is 9.67 Å². The highest BCUT2D eigenvalue weighted by Gasteiger charge is 2.25. The lowest BCUT2D eigenvalue weighted by atomic mass is 10.0. The Labute approximate surface area is 124 Å². The van der Waals surface area contributed by atoms with E-state index in [9.17, 15) is 0 Å². The molecule has 0 aliphatic carbocycles. The molecule has 0 unspecified atom stereocenters. The molecule has 0 saturated carbocycles. The zero-order valence-electron chi connectivity index (χ0n) is 12.9. The van der Waals surface area contributed by atoms with E-state index in [1.165, 1.54) is 19.3 Å². The largest absolute Gasteiger partial charge is 0.338 e. The summed E-state index contributed by atoms with van der Waals surface area (Å²) in [6.07, 6.45) is 3.65. The smallest absolute Gasteiger partial charge is 0.240 e. The molecule has 1 atom stereocenters. The van der Waals surface area contributed by atoms with Gasteiger partial charge in [0.15, 0.2) is 5.82 Å². The summed E-state index contributed by atoms with van der Waals surface area (Å²) in [5, 5.41) is 8.35. The number of aryl methyl sites for hydroxylation is 3. The monoisotopic (exact) mass is 290 g/mol. The average molecular weight is 290 g/mol. The molecule has 114 valence electrons. The second-order valence-corrected chi connectivity index (χ2v) is 5.74. The molecule has 1 fully saturated rings. The van der Waals surface area contributed by atoms with Crippen molar-refractivity contribution in [2.75, 3.05) is 6.54 Å². The molecule has 0 N–H and O–H groups in total. The lowest BCUT2D eigenvalue weighted by Gasteiger charge is -2.34. The second kappa shape index (κ2) is 5.93. The lowest BCUT2D eigenvalue weighted by Crippen LogP contribution is -2.42. The maximum absolute atomic E-state index is 5.26. The number of hydrogen-bond acceptors (Lipinski definition) is 6. The van der Waals surface area contributed by atoms with Crippen molar-refractivity contribution < 1.29 is 4.52 Å². The predicted molar refractivity (Wildman–Crippen MR) is 76.6 cm³/mol. The average Bonchev–Trinajstić information content (AvgIpc) is 2.98. The van der Waals surface area contributed by atoms with Crippen LogP contribution in [0.4, 0.5) is 0 Å². The highest BCUT2D eigenvalue weighted by molar-refractivity contribution is 4.91. The Bertz CT molecular complexity index is 604. The summed E-state index contributed by atoms with van der Waals surface area (Å²) in [4.78, 5) is 11.1. The predicted octanol–water partition coefficient (Wildman–Crippen LogP) is 1.64. The van der Waals surface area contributed by atoms with Gasteiger partial charge >= 0.3 is 0 Å². The molecule has 2 aromatic rings. The molecule has 0 spiro atoms. The number of piperidine rings is 1. The maximum atomic E-state index is 5.26. The van der Waals surface area contributed by atoms with Gasteiger partial charge in [0.2, 0.25) is 5.89 Å². The molecule has 0 aromatic carbocycles.